The molecule has 1 aromatic rings. The second-order valence-corrected chi connectivity index (χ2v) is 7.61. The van der Waals surface area contributed by atoms with Crippen molar-refractivity contribution in [1.29, 1.82) is 0 Å². The van der Waals surface area contributed by atoms with Crippen LogP contribution < -0.4 is 4.74 Å². The maximum atomic E-state index is 13.1. The Morgan fingerprint density at radius 2 is 1.77 bits per heavy atom. The van der Waals surface area contributed by atoms with Crippen LogP contribution in [0.5, 0.6) is 5.75 Å². The molecule has 1 aliphatic heterocycles. The van der Waals surface area contributed by atoms with E-state index < -0.39 is 42.0 Å². The molecule has 144 valence electrons. The van der Waals surface area contributed by atoms with Crippen molar-refractivity contribution in [3.8, 4) is 5.75 Å². The molecule has 0 bridgehead atoms. The largest absolute Gasteiger partial charge is 0.484 e. The number of aryl methyl sites for hydroxylation is 2. The van der Waals surface area contributed by atoms with Gasteiger partial charge in [-0.05, 0) is 37.1 Å². The van der Waals surface area contributed by atoms with Gasteiger partial charge in [0.2, 0.25) is 0 Å². The van der Waals surface area contributed by atoms with Crippen molar-refractivity contribution in [2.75, 3.05) is 6.61 Å². The Kier molecular flexibility index (Phi) is 5.11. The first kappa shape index (κ1) is 20.2. The van der Waals surface area contributed by atoms with Crippen LogP contribution in [0.2, 0.25) is 0 Å². The van der Waals surface area contributed by atoms with Gasteiger partial charge >= 0.3 is 6.18 Å². The topological polar surface area (TPSA) is 62.1 Å². The van der Waals surface area contributed by atoms with E-state index in [-0.39, 0.29) is 0 Å². The first-order chi connectivity index (χ1) is 11.7. The first-order valence-electron chi connectivity index (χ1n) is 8.15. The summed E-state index contributed by atoms with van der Waals surface area (Å²) in [5.74, 6) is -0.421. The van der Waals surface area contributed by atoms with Crippen molar-refractivity contribution < 1.29 is 27.8 Å². The lowest BCUT2D eigenvalue weighted by atomic mass is 9.80. The summed E-state index contributed by atoms with van der Waals surface area (Å²) in [6.07, 6.45) is -5.50. The summed E-state index contributed by atoms with van der Waals surface area (Å²) < 4.78 is 44.6. The number of aliphatic hydroxyl groups is 1. The van der Waals surface area contributed by atoms with Crippen molar-refractivity contribution in [2.24, 2.45) is 10.5 Å². The average molecular weight is 372 g/mol. The lowest BCUT2D eigenvalue weighted by Crippen LogP contribution is -2.56. The average Bonchev–Trinajstić information content (AvgIpc) is 2.83. The highest BCUT2D eigenvalue weighted by Crippen LogP contribution is 2.43. The number of hydrogen-bond donors (Lipinski definition) is 1. The molecule has 1 aliphatic rings. The summed E-state index contributed by atoms with van der Waals surface area (Å²) in [6, 6.07) is 5.35. The molecule has 0 radical (unpaired) electrons. The molecule has 5 nitrogen and oxygen atoms in total. The summed E-state index contributed by atoms with van der Waals surface area (Å²) in [5.41, 5.74) is -2.45. The van der Waals surface area contributed by atoms with Crippen molar-refractivity contribution in [3.05, 3.63) is 29.3 Å². The Balaban J connectivity index is 2.24. The minimum absolute atomic E-state index is 0.425. The van der Waals surface area contributed by atoms with E-state index in [4.69, 9.17) is 4.74 Å². The number of halogens is 3. The Morgan fingerprint density at radius 1 is 1.23 bits per heavy atom. The zero-order valence-corrected chi connectivity index (χ0v) is 15.4. The minimum atomic E-state index is -4.72. The molecule has 1 aromatic carbocycles. The van der Waals surface area contributed by atoms with E-state index in [0.29, 0.717) is 10.8 Å². The van der Waals surface area contributed by atoms with Gasteiger partial charge in [-0.25, -0.2) is 0 Å². The molecular formula is C18H23F3N2O3. The summed E-state index contributed by atoms with van der Waals surface area (Å²) >= 11 is 0. The molecule has 0 saturated heterocycles. The van der Waals surface area contributed by atoms with Crippen LogP contribution in [0.1, 0.15) is 38.3 Å². The van der Waals surface area contributed by atoms with Gasteiger partial charge < -0.3 is 9.84 Å². The molecule has 1 atom stereocenters. The summed E-state index contributed by atoms with van der Waals surface area (Å²) in [4.78, 5) is 12.5. The maximum Gasteiger partial charge on any atom is 0.431 e. The zero-order chi connectivity index (χ0) is 19.9. The quantitative estimate of drug-likeness (QED) is 0.882. The third kappa shape index (κ3) is 4.00. The molecule has 0 aliphatic carbocycles. The van der Waals surface area contributed by atoms with Gasteiger partial charge in [-0.2, -0.15) is 23.3 Å². The van der Waals surface area contributed by atoms with Crippen LogP contribution in [0, 0.1) is 19.3 Å². The summed E-state index contributed by atoms with van der Waals surface area (Å²) in [6.45, 7) is 7.84. The van der Waals surface area contributed by atoms with Crippen LogP contribution in [0.4, 0.5) is 13.2 Å². The Morgan fingerprint density at radius 3 is 2.23 bits per heavy atom. The highest BCUT2D eigenvalue weighted by molar-refractivity contribution is 5.94. The molecule has 0 saturated carbocycles. The number of carbonyl (C=O) groups is 1. The smallest absolute Gasteiger partial charge is 0.431 e. The highest BCUT2D eigenvalue weighted by atomic mass is 19.4. The fraction of sp³-hybridized carbons (Fsp3) is 0.556. The van der Waals surface area contributed by atoms with Crippen LogP contribution in [-0.4, -0.2) is 40.2 Å². The van der Waals surface area contributed by atoms with E-state index in [1.807, 2.05) is 19.9 Å². The Bertz CT molecular complexity index is 718. The minimum Gasteiger partial charge on any atom is -0.484 e. The maximum absolute atomic E-state index is 13.1. The van der Waals surface area contributed by atoms with E-state index >= 15 is 0 Å². The van der Waals surface area contributed by atoms with Crippen molar-refractivity contribution in [2.45, 2.75) is 52.9 Å². The molecule has 8 heteroatoms. The predicted octanol–water partition coefficient (Wildman–Crippen LogP) is 3.57. The molecule has 1 amide bonds. The predicted molar refractivity (Wildman–Crippen MR) is 90.8 cm³/mol. The van der Waals surface area contributed by atoms with Crippen molar-refractivity contribution in [1.82, 2.24) is 5.01 Å². The molecule has 0 unspecified atom stereocenters. The van der Waals surface area contributed by atoms with Crippen LogP contribution in [0.25, 0.3) is 0 Å². The Hall–Kier alpha value is -2.09. The lowest BCUT2D eigenvalue weighted by molar-refractivity contribution is -0.183. The van der Waals surface area contributed by atoms with Crippen LogP contribution in [0.15, 0.2) is 23.3 Å². The van der Waals surface area contributed by atoms with Crippen molar-refractivity contribution in [3.63, 3.8) is 0 Å². The van der Waals surface area contributed by atoms with E-state index in [0.717, 1.165) is 11.1 Å². The summed E-state index contributed by atoms with van der Waals surface area (Å²) in [7, 11) is 0. The number of ether oxygens (including phenoxy) is 1. The van der Waals surface area contributed by atoms with E-state index in [2.05, 4.69) is 5.10 Å². The van der Waals surface area contributed by atoms with E-state index in [1.165, 1.54) is 0 Å². The monoisotopic (exact) mass is 372 g/mol. The van der Waals surface area contributed by atoms with Gasteiger partial charge in [-0.3, -0.25) is 4.79 Å². The SMILES string of the molecule is Cc1cc(C)cc(OCC(=O)N2N=C(C(F)(F)F)C[C@@]2(O)C(C)(C)C)c1. The van der Waals surface area contributed by atoms with Gasteiger partial charge in [0.1, 0.15) is 11.5 Å². The third-order valence-corrected chi connectivity index (χ3v) is 4.31. The van der Waals surface area contributed by atoms with Gasteiger partial charge in [0.05, 0.1) is 0 Å². The zero-order valence-electron chi connectivity index (χ0n) is 15.4. The van der Waals surface area contributed by atoms with Crippen molar-refractivity contribution >= 4 is 11.6 Å². The molecule has 0 spiro atoms. The van der Waals surface area contributed by atoms with Crippen LogP contribution in [-0.2, 0) is 4.79 Å². The molecule has 2 rings (SSSR count). The van der Waals surface area contributed by atoms with Crippen LogP contribution >= 0.6 is 0 Å². The number of amides is 1. The van der Waals surface area contributed by atoms with Gasteiger partial charge in [0.25, 0.3) is 5.91 Å². The number of hydrogen-bond acceptors (Lipinski definition) is 4. The number of rotatable bonds is 3. The fourth-order valence-corrected chi connectivity index (χ4v) is 2.77. The molecule has 0 aromatic heterocycles. The highest BCUT2D eigenvalue weighted by Gasteiger charge is 2.57. The van der Waals surface area contributed by atoms with Gasteiger partial charge in [0.15, 0.2) is 12.3 Å². The number of carbonyl (C=O) groups excluding carboxylic acids is 1. The first-order valence-corrected chi connectivity index (χ1v) is 8.15. The van der Waals surface area contributed by atoms with Gasteiger partial charge in [0, 0.05) is 11.8 Å². The third-order valence-electron chi connectivity index (χ3n) is 4.31. The normalized spacial score (nSPS) is 21.0. The van der Waals surface area contributed by atoms with E-state index in [9.17, 15) is 23.1 Å². The summed E-state index contributed by atoms with van der Waals surface area (Å²) in [5, 5.41) is 14.7. The van der Waals surface area contributed by atoms with E-state index in [1.54, 1.807) is 32.9 Å². The molecule has 1 N–H and O–H groups in total. The van der Waals surface area contributed by atoms with Crippen LogP contribution in [0.3, 0.4) is 0 Å². The Labute approximate surface area is 150 Å². The molecule has 1 heterocycles. The number of nitrogens with zero attached hydrogens (tertiary/aromatic N) is 2. The van der Waals surface area contributed by atoms with Gasteiger partial charge in [-0.1, -0.05) is 26.8 Å². The number of alkyl halides is 3. The number of hydrazone groups is 1. The second-order valence-electron chi connectivity index (χ2n) is 7.61. The lowest BCUT2D eigenvalue weighted by Gasteiger charge is -2.41. The fourth-order valence-electron chi connectivity index (χ4n) is 2.77. The second kappa shape index (κ2) is 6.57. The standard InChI is InChI=1S/C18H23F3N2O3/c1-11-6-12(2)8-13(7-11)26-10-15(24)23-17(25,16(3,4)5)9-14(22-23)18(19,20)21/h6-8,25H,9-10H2,1-5H3/t17-/m1/s1. The molecule has 26 heavy (non-hydrogen) atoms. The number of benzene rings is 1. The van der Waals surface area contributed by atoms with Gasteiger partial charge in [-0.15, -0.1) is 0 Å². The molecular weight excluding hydrogens is 349 g/mol. The molecule has 0 fully saturated rings.